The number of carbonyl (C=O) groups excluding carboxylic acids is 2. The van der Waals surface area contributed by atoms with Crippen LogP contribution in [0.15, 0.2) is 72.8 Å². The van der Waals surface area contributed by atoms with Gasteiger partial charge in [0.15, 0.2) is 5.78 Å². The Kier molecular flexibility index (Phi) is 7.07. The Hall–Kier alpha value is -2.91. The lowest BCUT2D eigenvalue weighted by Gasteiger charge is -2.16. The predicted octanol–water partition coefficient (Wildman–Crippen LogP) is 6.51. The molecule has 0 aromatic heterocycles. The van der Waals surface area contributed by atoms with E-state index >= 15 is 0 Å². The zero-order chi connectivity index (χ0) is 21.7. The molecule has 0 fully saturated rings. The molecule has 0 aliphatic rings. The van der Waals surface area contributed by atoms with Crippen LogP contribution in [0.1, 0.15) is 53.7 Å². The SMILES string of the molecule is CC(C)Cc1ccc(C(C)C(=O)Nc2ccc(Cl)cc2C(=O)c2ccccc2)cc1. The molecule has 0 radical (unpaired) electrons. The van der Waals surface area contributed by atoms with Crippen LogP contribution in [0.3, 0.4) is 0 Å². The summed E-state index contributed by atoms with van der Waals surface area (Å²) >= 11 is 6.13. The fraction of sp³-hybridized carbons (Fsp3) is 0.231. The topological polar surface area (TPSA) is 46.2 Å². The molecule has 0 bridgehead atoms. The quantitative estimate of drug-likeness (QED) is 0.443. The average molecular weight is 420 g/mol. The molecule has 3 aromatic rings. The molecule has 0 aliphatic carbocycles. The van der Waals surface area contributed by atoms with Gasteiger partial charge >= 0.3 is 0 Å². The molecule has 3 nitrogen and oxygen atoms in total. The maximum absolute atomic E-state index is 13.0. The first-order valence-corrected chi connectivity index (χ1v) is 10.5. The fourth-order valence-electron chi connectivity index (χ4n) is 3.36. The van der Waals surface area contributed by atoms with E-state index in [0.717, 1.165) is 12.0 Å². The van der Waals surface area contributed by atoms with Gasteiger partial charge in [0, 0.05) is 16.1 Å². The smallest absolute Gasteiger partial charge is 0.231 e. The highest BCUT2D eigenvalue weighted by atomic mass is 35.5. The van der Waals surface area contributed by atoms with E-state index in [1.54, 1.807) is 42.5 Å². The molecular weight excluding hydrogens is 394 g/mol. The van der Waals surface area contributed by atoms with E-state index < -0.39 is 0 Å². The van der Waals surface area contributed by atoms with Crippen molar-refractivity contribution in [1.29, 1.82) is 0 Å². The van der Waals surface area contributed by atoms with Gasteiger partial charge in [-0.15, -0.1) is 0 Å². The molecule has 3 rings (SSSR count). The van der Waals surface area contributed by atoms with Gasteiger partial charge in [-0.25, -0.2) is 0 Å². The summed E-state index contributed by atoms with van der Waals surface area (Å²) in [7, 11) is 0. The Morgan fingerprint density at radius 1 is 0.900 bits per heavy atom. The first kappa shape index (κ1) is 21.8. The van der Waals surface area contributed by atoms with Crippen LogP contribution in [0.2, 0.25) is 5.02 Å². The van der Waals surface area contributed by atoms with Gasteiger partial charge in [0.05, 0.1) is 11.6 Å². The minimum atomic E-state index is -0.353. The fourth-order valence-corrected chi connectivity index (χ4v) is 3.54. The second-order valence-corrected chi connectivity index (χ2v) is 8.37. The number of rotatable bonds is 7. The van der Waals surface area contributed by atoms with Crippen LogP contribution in [-0.2, 0) is 11.2 Å². The highest BCUT2D eigenvalue weighted by Gasteiger charge is 2.20. The van der Waals surface area contributed by atoms with E-state index in [1.165, 1.54) is 5.56 Å². The predicted molar refractivity (Wildman–Crippen MR) is 123 cm³/mol. The molecule has 0 aliphatic heterocycles. The van der Waals surface area contributed by atoms with Crippen molar-refractivity contribution >= 4 is 29.0 Å². The molecule has 1 amide bonds. The van der Waals surface area contributed by atoms with Gasteiger partial charge in [-0.1, -0.05) is 80.0 Å². The number of carbonyl (C=O) groups is 2. The lowest BCUT2D eigenvalue weighted by atomic mass is 9.96. The number of anilines is 1. The molecule has 30 heavy (non-hydrogen) atoms. The number of amides is 1. The van der Waals surface area contributed by atoms with Crippen molar-refractivity contribution in [2.45, 2.75) is 33.1 Å². The van der Waals surface area contributed by atoms with Crippen LogP contribution in [0.25, 0.3) is 0 Å². The molecule has 1 unspecified atom stereocenters. The largest absolute Gasteiger partial charge is 0.325 e. The number of ketones is 1. The van der Waals surface area contributed by atoms with Crippen LogP contribution in [-0.4, -0.2) is 11.7 Å². The first-order valence-electron chi connectivity index (χ1n) is 10.1. The van der Waals surface area contributed by atoms with Gasteiger partial charge in [-0.05, 0) is 48.6 Å². The van der Waals surface area contributed by atoms with Gasteiger partial charge in [-0.3, -0.25) is 9.59 Å². The third-order valence-corrected chi connectivity index (χ3v) is 5.27. The number of nitrogens with one attached hydrogen (secondary N) is 1. The van der Waals surface area contributed by atoms with E-state index in [-0.39, 0.29) is 17.6 Å². The van der Waals surface area contributed by atoms with Crippen molar-refractivity contribution in [2.24, 2.45) is 5.92 Å². The lowest BCUT2D eigenvalue weighted by molar-refractivity contribution is -0.117. The Morgan fingerprint density at radius 2 is 1.57 bits per heavy atom. The molecular formula is C26H26ClNO2. The van der Waals surface area contributed by atoms with Gasteiger partial charge < -0.3 is 5.32 Å². The van der Waals surface area contributed by atoms with Gasteiger partial charge in [-0.2, -0.15) is 0 Å². The van der Waals surface area contributed by atoms with E-state index in [9.17, 15) is 9.59 Å². The second kappa shape index (κ2) is 9.73. The summed E-state index contributed by atoms with van der Waals surface area (Å²) in [5, 5.41) is 3.36. The first-order chi connectivity index (χ1) is 14.3. The third kappa shape index (κ3) is 5.37. The van der Waals surface area contributed by atoms with E-state index in [4.69, 9.17) is 11.6 Å². The zero-order valence-electron chi connectivity index (χ0n) is 17.5. The monoisotopic (exact) mass is 419 g/mol. The molecule has 3 aromatic carbocycles. The van der Waals surface area contributed by atoms with Crippen LogP contribution in [0.5, 0.6) is 0 Å². The van der Waals surface area contributed by atoms with E-state index in [1.807, 2.05) is 25.1 Å². The molecule has 0 saturated heterocycles. The zero-order valence-corrected chi connectivity index (χ0v) is 18.2. The lowest BCUT2D eigenvalue weighted by Crippen LogP contribution is -2.20. The van der Waals surface area contributed by atoms with Crippen molar-refractivity contribution in [3.05, 3.63) is 100 Å². The maximum Gasteiger partial charge on any atom is 0.231 e. The minimum absolute atomic E-state index is 0.170. The van der Waals surface area contributed by atoms with Crippen LogP contribution < -0.4 is 5.32 Å². The summed E-state index contributed by atoms with van der Waals surface area (Å²) in [5.74, 6) is -0.120. The summed E-state index contributed by atoms with van der Waals surface area (Å²) in [5.41, 5.74) is 3.58. The summed E-state index contributed by atoms with van der Waals surface area (Å²) in [6.45, 7) is 6.23. The summed E-state index contributed by atoms with van der Waals surface area (Å²) in [6, 6.07) is 22.0. The Balaban J connectivity index is 1.80. The van der Waals surface area contributed by atoms with Crippen LogP contribution in [0, 0.1) is 5.92 Å². The number of hydrogen-bond acceptors (Lipinski definition) is 2. The Morgan fingerprint density at radius 3 is 2.20 bits per heavy atom. The number of benzene rings is 3. The molecule has 0 heterocycles. The normalized spacial score (nSPS) is 11.9. The molecule has 0 spiro atoms. The Bertz CT molecular complexity index is 1030. The molecule has 154 valence electrons. The average Bonchev–Trinajstić information content (AvgIpc) is 2.74. The summed E-state index contributed by atoms with van der Waals surface area (Å²) < 4.78 is 0. The molecule has 4 heteroatoms. The van der Waals surface area contributed by atoms with E-state index in [2.05, 4.69) is 31.3 Å². The standard InChI is InChI=1S/C26H26ClNO2/c1-17(2)15-19-9-11-20(12-10-19)18(3)26(30)28-24-14-13-22(27)16-23(24)25(29)21-7-5-4-6-8-21/h4-14,16-18H,15H2,1-3H3,(H,28,30). The minimum Gasteiger partial charge on any atom is -0.325 e. The molecule has 0 saturated carbocycles. The van der Waals surface area contributed by atoms with Crippen molar-refractivity contribution in [2.75, 3.05) is 5.32 Å². The number of halogens is 1. The van der Waals surface area contributed by atoms with Gasteiger partial charge in [0.2, 0.25) is 5.91 Å². The maximum atomic E-state index is 13.0. The summed E-state index contributed by atoms with van der Waals surface area (Å²) in [6.07, 6.45) is 1.01. The van der Waals surface area contributed by atoms with Crippen LogP contribution >= 0.6 is 11.6 Å². The second-order valence-electron chi connectivity index (χ2n) is 7.94. The Labute approximate surface area is 183 Å². The molecule has 1 atom stereocenters. The molecule has 1 N–H and O–H groups in total. The van der Waals surface area contributed by atoms with Crippen molar-refractivity contribution in [3.63, 3.8) is 0 Å². The highest BCUT2D eigenvalue weighted by Crippen LogP contribution is 2.26. The van der Waals surface area contributed by atoms with Crippen molar-refractivity contribution in [3.8, 4) is 0 Å². The van der Waals surface area contributed by atoms with Crippen molar-refractivity contribution < 1.29 is 9.59 Å². The third-order valence-electron chi connectivity index (χ3n) is 5.04. The summed E-state index contributed by atoms with van der Waals surface area (Å²) in [4.78, 5) is 25.9. The van der Waals surface area contributed by atoms with Gasteiger partial charge in [0.25, 0.3) is 0 Å². The van der Waals surface area contributed by atoms with E-state index in [0.29, 0.717) is 27.8 Å². The highest BCUT2D eigenvalue weighted by molar-refractivity contribution is 6.31. The van der Waals surface area contributed by atoms with Gasteiger partial charge in [0.1, 0.15) is 0 Å². The van der Waals surface area contributed by atoms with Crippen LogP contribution in [0.4, 0.5) is 5.69 Å². The number of hydrogen-bond donors (Lipinski definition) is 1. The van der Waals surface area contributed by atoms with Crippen molar-refractivity contribution in [1.82, 2.24) is 0 Å².